The van der Waals surface area contributed by atoms with Gasteiger partial charge in [-0.15, -0.1) is 0 Å². The van der Waals surface area contributed by atoms with Crippen molar-refractivity contribution in [3.8, 4) is 0 Å². The van der Waals surface area contributed by atoms with Gasteiger partial charge in [0.25, 0.3) is 17.7 Å². The third kappa shape index (κ3) is 32.7. The number of urea groups is 4. The minimum atomic E-state index is -1.92. The van der Waals surface area contributed by atoms with Crippen LogP contribution < -0.4 is 43.4 Å². The fourth-order valence-electron chi connectivity index (χ4n) is 16.7. The van der Waals surface area contributed by atoms with Crippen molar-refractivity contribution in [1.82, 2.24) is 97.7 Å². The number of aliphatic hydroxyl groups excluding tert-OH is 4. The third-order valence-electron chi connectivity index (χ3n) is 24.1. The zero-order valence-electron chi connectivity index (χ0n) is 80.5. The largest absolute Gasteiger partial charge is 0.396 e. The summed E-state index contributed by atoms with van der Waals surface area (Å²) >= 11 is 18.4. The van der Waals surface area contributed by atoms with Crippen molar-refractivity contribution in [1.29, 1.82) is 0 Å². The Balaban J connectivity index is 0.000000192. The number of aliphatic hydroxyl groups is 8. The quantitative estimate of drug-likeness (QED) is 0.00494. The van der Waals surface area contributed by atoms with Gasteiger partial charge >= 0.3 is 24.1 Å². The molecule has 149 heavy (non-hydrogen) atoms. The summed E-state index contributed by atoms with van der Waals surface area (Å²) in [5.74, 6) is -0.846. The summed E-state index contributed by atoms with van der Waals surface area (Å²) in [6.07, 6.45) is -2.74. The van der Waals surface area contributed by atoms with Crippen molar-refractivity contribution in [2.75, 3.05) is 65.6 Å². The van der Waals surface area contributed by atoms with Crippen LogP contribution in [-0.4, -0.2) is 354 Å². The van der Waals surface area contributed by atoms with E-state index in [1.54, 1.807) is 133 Å². The summed E-state index contributed by atoms with van der Waals surface area (Å²) < 4.78 is 5.46. The number of fused-ring (bicyclic) bond motifs is 4. The average molecular weight is 2130 g/mol. The number of halogens is 3. The molecule has 14 rings (SSSR count). The summed E-state index contributed by atoms with van der Waals surface area (Å²) in [5, 5.41) is 107. The van der Waals surface area contributed by atoms with Crippen molar-refractivity contribution < 1.29 is 137 Å². The molecule has 53 heteroatoms. The van der Waals surface area contributed by atoms with Gasteiger partial charge in [0.2, 0.25) is 47.3 Å². The maximum absolute atomic E-state index is 13.6. The van der Waals surface area contributed by atoms with Crippen molar-refractivity contribution in [3.05, 3.63) is 212 Å². The Morgan fingerprint density at radius 2 is 0.725 bits per heavy atom. The Hall–Kier alpha value is -14.7. The van der Waals surface area contributed by atoms with E-state index in [1.165, 1.54) is 32.5 Å². The fraction of sp³-hybridized carbons (Fsp3) is 0.427. The van der Waals surface area contributed by atoms with Crippen LogP contribution in [0.1, 0.15) is 150 Å². The molecular formula is C96H117Cl3N22O28. The van der Waals surface area contributed by atoms with E-state index in [1.807, 2.05) is 30.3 Å². The molecule has 8 aliphatic heterocycles. The van der Waals surface area contributed by atoms with Crippen molar-refractivity contribution in [2.24, 2.45) is 16.2 Å². The number of hydrazine groups is 8. The highest BCUT2D eigenvalue weighted by molar-refractivity contribution is 6.36. The van der Waals surface area contributed by atoms with Gasteiger partial charge in [0.1, 0.15) is 50.3 Å². The second-order valence-corrected chi connectivity index (χ2v) is 36.0. The summed E-state index contributed by atoms with van der Waals surface area (Å²) in [6, 6.07) is 34.5. The lowest BCUT2D eigenvalue weighted by Gasteiger charge is -2.43. The third-order valence-corrected chi connectivity index (χ3v) is 25.2. The van der Waals surface area contributed by atoms with Gasteiger partial charge in [-0.25, -0.2) is 80.1 Å². The number of hydrogen-bond donors (Lipinski definition) is 16. The van der Waals surface area contributed by atoms with E-state index in [2.05, 4.69) is 47.9 Å². The van der Waals surface area contributed by atoms with Crippen LogP contribution in [0.25, 0.3) is 0 Å². The Labute approximate surface area is 868 Å². The number of benzene rings is 6. The molecule has 17 N–H and O–H groups in total. The Morgan fingerprint density at radius 3 is 1.11 bits per heavy atom. The van der Waals surface area contributed by atoms with Crippen LogP contribution in [-0.2, 0) is 82.0 Å². The van der Waals surface area contributed by atoms with Gasteiger partial charge in [-0.05, 0) is 117 Å². The lowest BCUT2D eigenvalue weighted by Crippen LogP contribution is -2.65. The van der Waals surface area contributed by atoms with Crippen LogP contribution >= 0.6 is 34.8 Å². The van der Waals surface area contributed by atoms with Gasteiger partial charge in [0.15, 0.2) is 30.9 Å². The molecule has 8 aliphatic rings. The van der Waals surface area contributed by atoms with E-state index in [9.17, 15) is 112 Å². The van der Waals surface area contributed by atoms with Crippen molar-refractivity contribution >= 4 is 148 Å². The van der Waals surface area contributed by atoms with E-state index in [0.717, 1.165) is 45.6 Å². The minimum absolute atomic E-state index is 0.0142. The van der Waals surface area contributed by atoms with E-state index >= 15 is 0 Å². The Kier molecular flexibility index (Phi) is 43.4. The highest BCUT2D eigenvalue weighted by Crippen LogP contribution is 2.32. The lowest BCUT2D eigenvalue weighted by atomic mass is 10.0. The molecule has 8 atom stereocenters. The molecule has 8 heterocycles. The molecule has 6 aromatic rings. The van der Waals surface area contributed by atoms with Crippen LogP contribution in [0.4, 0.5) is 19.2 Å². The molecule has 0 aromatic heterocycles. The summed E-state index contributed by atoms with van der Waals surface area (Å²) in [4.78, 5) is 229. The molecule has 0 radical (unpaired) electrons. The first kappa shape index (κ1) is 115. The molecule has 50 nitrogen and oxygen atoms in total. The summed E-state index contributed by atoms with van der Waals surface area (Å²) in [7, 11) is 0. The molecule has 0 bridgehead atoms. The van der Waals surface area contributed by atoms with Crippen LogP contribution in [0, 0.1) is 0 Å². The van der Waals surface area contributed by atoms with Crippen molar-refractivity contribution in [2.45, 2.75) is 196 Å². The number of nitrogens with zero attached hydrogens (tertiary/aromatic N) is 14. The molecule has 8 fully saturated rings. The number of ether oxygens (including phenoxy) is 1. The number of nitrogens with one attached hydrogen (secondary N) is 7. The van der Waals surface area contributed by atoms with E-state index < -0.39 is 164 Å². The standard InChI is InChI=1S/C28H32ClN5O8.C28H34N6O7.C27H30Cl2N6O7.C13H21N5O6/c29-20-10-5-4-9-19(20)16-42-17-23(35)21(15-25(37)38)30-27(40)22-11-6-13-33-24(36)12-14-32(28(41)34(22)33)31-26(39)18-7-2-1-3-8-18;35-24-13-16-32(31-26(38)21-10-5-2-6-11-21)28(40)34-23(12-7-15-33(24)34)27(39)30-22(18-25(36)37)19-29-41-17-14-20-8-3-1-4-9-20;28-20-8-4-9-21(29)19(20)16-42-30-15-18(14-24(37)38)31-26(40)22-10-5-12-34-23(36)11-13-33(27(41)35(22)34)32-25(39)17-6-2-1-3-7-17;14-16-5-3-10(20)17-4-1-2-9(18(17)13(16)24)12(23)15-8(7-19)6-11(21)22/h1-5,7-10,21-22,25,37-38H,6,11-17H2,(H,30,40)(H,31,39);1-6,8-11,19,22-23,25,36-37H,7,12-18H2,(H,30,39)(H,31,38);1-4,6-9,15,18,22,24,37-38H,5,10-14,16H2,(H,31,40)(H,32,39);7-9,11,21-22H,1-6,14H2,(H,15,23)/b;29-19+;30-15+;/t21-,22-;22-,23-;18-,22-;8-,9-/m0000/s1. The topological polar surface area (TPSA) is 654 Å². The first-order valence-corrected chi connectivity index (χ1v) is 48.8. The smallest absolute Gasteiger partial charge is 0.358 e. The number of hydrogen-bond acceptors (Lipinski definition) is 31. The molecular weight excluding hydrogens is 2020 g/mol. The number of rotatable bonds is 37. The van der Waals surface area contributed by atoms with Gasteiger partial charge in [-0.2, -0.15) is 0 Å². The second-order valence-electron chi connectivity index (χ2n) is 34.8. The maximum atomic E-state index is 13.6. The molecule has 6 aromatic carbocycles. The number of carbonyl (C=O) groups excluding carboxylic acids is 17. The van der Waals surface area contributed by atoms with Crippen LogP contribution in [0.2, 0.25) is 15.1 Å². The highest BCUT2D eigenvalue weighted by Gasteiger charge is 2.50. The minimum Gasteiger partial charge on any atom is -0.396 e. The SMILES string of the molecule is NN1CCC(=O)N2CCC[C@@H](C(=O)N[C@H](C=O)CC(O)O)N2C1=O.O=C(NN1CCC(=O)N2CCC[C@@H](C(=O)N[C@@H](CC(O)O)C(=O)COCc3ccccc3Cl)N2C1=O)c1ccccc1.O=C(NN1CCC(=O)N2CCC[C@@H](C(=O)N[C@H](/C=N/OCCc3ccccc3)CC(O)O)N2C1=O)c1ccccc1.O=C(NN1CCC(=O)N2CCC[C@@H](C(=O)N[C@H](/C=N/OCc3c(Cl)cccc3Cl)CC(O)O)N2C1=O)c1ccccc1. The van der Waals surface area contributed by atoms with Crippen molar-refractivity contribution in [3.63, 3.8) is 0 Å². The summed E-state index contributed by atoms with van der Waals surface area (Å²) in [5.41, 5.74) is 10.7. The molecule has 8 saturated heterocycles. The molecule has 0 aliphatic carbocycles. The number of carbonyl (C=O) groups is 17. The number of nitrogens with two attached hydrogens (primary N) is 1. The number of Topliss-reactive ketones (excluding diaryl/α,β-unsaturated/α-hetero) is 1. The number of aldehydes is 1. The molecule has 0 saturated carbocycles. The number of oxime groups is 2. The first-order chi connectivity index (χ1) is 71.5. The van der Waals surface area contributed by atoms with E-state index in [4.69, 9.17) is 65.3 Å². The normalized spacial score (nSPS) is 18.9. The average Bonchev–Trinajstić information content (AvgIpc) is 1.72. The second kappa shape index (κ2) is 56.5. The summed E-state index contributed by atoms with van der Waals surface area (Å²) in [6.45, 7) is 0.472. The van der Waals surface area contributed by atoms with Crippen LogP contribution in [0.5, 0.6) is 0 Å². The zero-order chi connectivity index (χ0) is 107. The van der Waals surface area contributed by atoms with Crippen LogP contribution in [0.3, 0.4) is 0 Å². The number of amides is 19. The fourth-order valence-corrected chi connectivity index (χ4v) is 17.4. The monoisotopic (exact) mass is 2130 g/mol. The Bertz CT molecular complexity index is 5700. The molecule has 0 spiro atoms. The van der Waals surface area contributed by atoms with Gasteiger partial charge in [0.05, 0.1) is 62.8 Å². The van der Waals surface area contributed by atoms with E-state index in [-0.39, 0.29) is 148 Å². The van der Waals surface area contributed by atoms with Gasteiger partial charge in [-0.1, -0.05) is 154 Å². The molecule has 19 amide bonds. The zero-order valence-corrected chi connectivity index (χ0v) is 82.7. The Morgan fingerprint density at radius 1 is 0.389 bits per heavy atom. The van der Waals surface area contributed by atoms with Gasteiger partial charge < -0.3 is 81.3 Å². The van der Waals surface area contributed by atoms with Crippen LogP contribution in [0.15, 0.2) is 174 Å². The molecule has 800 valence electrons. The maximum Gasteiger partial charge on any atom is 0.358 e. The van der Waals surface area contributed by atoms with Gasteiger partial charge in [-0.3, -0.25) is 78.8 Å². The molecule has 0 unspecified atom stereocenters. The predicted molar refractivity (Wildman–Crippen MR) is 525 cm³/mol. The van der Waals surface area contributed by atoms with E-state index in [0.29, 0.717) is 94.2 Å². The lowest BCUT2D eigenvalue weighted by molar-refractivity contribution is -0.156. The van der Waals surface area contributed by atoms with Gasteiger partial charge in [0, 0.05) is 128 Å². The highest BCUT2D eigenvalue weighted by atomic mass is 35.5. The first-order valence-electron chi connectivity index (χ1n) is 47.7. The predicted octanol–water partition coefficient (Wildman–Crippen LogP) is 1.12. The number of ketones is 1.